The Kier molecular flexibility index (Phi) is 3.80. The molecule has 0 aromatic heterocycles. The van der Waals surface area contributed by atoms with Crippen LogP contribution < -0.4 is 0 Å². The summed E-state index contributed by atoms with van der Waals surface area (Å²) in [5.41, 5.74) is 0. The van der Waals surface area contributed by atoms with E-state index in [1.807, 2.05) is 4.90 Å². The van der Waals surface area contributed by atoms with Gasteiger partial charge in [0.15, 0.2) is 0 Å². The molecule has 0 aromatic carbocycles. The molecule has 1 aliphatic heterocycles. The van der Waals surface area contributed by atoms with E-state index >= 15 is 0 Å². The first kappa shape index (κ1) is 11.4. The highest BCUT2D eigenvalue weighted by Crippen LogP contribution is 2.25. The third-order valence-corrected chi connectivity index (χ3v) is 3.73. The van der Waals surface area contributed by atoms with Gasteiger partial charge < -0.3 is 9.80 Å². The van der Waals surface area contributed by atoms with Crippen molar-refractivity contribution in [3.63, 3.8) is 0 Å². The number of rotatable bonds is 2. The van der Waals surface area contributed by atoms with Crippen molar-refractivity contribution in [2.45, 2.75) is 32.1 Å². The zero-order valence-corrected chi connectivity index (χ0v) is 9.73. The molecule has 2 aliphatic rings. The van der Waals surface area contributed by atoms with E-state index in [2.05, 4.69) is 0 Å². The highest BCUT2D eigenvalue weighted by molar-refractivity contribution is 5.79. The minimum Gasteiger partial charge on any atom is -0.342 e. The van der Waals surface area contributed by atoms with Crippen LogP contribution in [0.15, 0.2) is 0 Å². The van der Waals surface area contributed by atoms with E-state index < -0.39 is 0 Å². The predicted octanol–water partition coefficient (Wildman–Crippen LogP) is 0.867. The Balaban J connectivity index is 1.83. The van der Waals surface area contributed by atoms with Gasteiger partial charge in [0, 0.05) is 32.1 Å². The van der Waals surface area contributed by atoms with Gasteiger partial charge in [-0.1, -0.05) is 19.3 Å². The first-order valence-corrected chi connectivity index (χ1v) is 6.29. The number of carbonyl (C=O) groups is 2. The second kappa shape index (κ2) is 5.32. The van der Waals surface area contributed by atoms with E-state index in [4.69, 9.17) is 0 Å². The molecule has 2 amide bonds. The first-order valence-electron chi connectivity index (χ1n) is 6.29. The van der Waals surface area contributed by atoms with Crippen LogP contribution in [0.4, 0.5) is 0 Å². The van der Waals surface area contributed by atoms with Crippen molar-refractivity contribution in [1.29, 1.82) is 0 Å². The molecule has 4 nitrogen and oxygen atoms in total. The molecule has 0 aromatic rings. The zero-order chi connectivity index (χ0) is 11.4. The molecule has 2 fully saturated rings. The summed E-state index contributed by atoms with van der Waals surface area (Å²) in [7, 11) is 0. The summed E-state index contributed by atoms with van der Waals surface area (Å²) >= 11 is 0. The van der Waals surface area contributed by atoms with Crippen LogP contribution in [0.5, 0.6) is 0 Å². The lowest BCUT2D eigenvalue weighted by Crippen LogP contribution is -2.50. The van der Waals surface area contributed by atoms with E-state index in [1.54, 1.807) is 4.90 Å². The maximum atomic E-state index is 12.2. The summed E-state index contributed by atoms with van der Waals surface area (Å²) in [5, 5.41) is 0. The summed E-state index contributed by atoms with van der Waals surface area (Å²) in [6.07, 6.45) is 6.68. The van der Waals surface area contributed by atoms with Crippen molar-refractivity contribution in [3.8, 4) is 0 Å². The average molecular weight is 224 g/mol. The highest BCUT2D eigenvalue weighted by atomic mass is 16.2. The number of amides is 2. The van der Waals surface area contributed by atoms with Crippen molar-refractivity contribution in [3.05, 3.63) is 0 Å². The number of carbonyl (C=O) groups excluding carboxylic acids is 2. The molecule has 90 valence electrons. The summed E-state index contributed by atoms with van der Waals surface area (Å²) < 4.78 is 0. The quantitative estimate of drug-likeness (QED) is 0.653. The standard InChI is InChI=1S/C12H20N2O2/c15-10-13-6-8-14(9-7-13)12(16)11-4-2-1-3-5-11/h10-11H,1-9H2. The molecular weight excluding hydrogens is 204 g/mol. The number of hydrogen-bond acceptors (Lipinski definition) is 2. The van der Waals surface area contributed by atoms with Gasteiger partial charge in [0.05, 0.1) is 0 Å². The van der Waals surface area contributed by atoms with Gasteiger partial charge in [-0.2, -0.15) is 0 Å². The smallest absolute Gasteiger partial charge is 0.225 e. The highest BCUT2D eigenvalue weighted by Gasteiger charge is 2.27. The fourth-order valence-corrected chi connectivity index (χ4v) is 2.66. The van der Waals surface area contributed by atoms with Gasteiger partial charge in [-0.3, -0.25) is 9.59 Å². The molecule has 2 rings (SSSR count). The normalized spacial score (nSPS) is 23.2. The van der Waals surface area contributed by atoms with Gasteiger partial charge in [0.25, 0.3) is 0 Å². The Hall–Kier alpha value is -1.06. The molecule has 0 atom stereocenters. The van der Waals surface area contributed by atoms with Crippen LogP contribution >= 0.6 is 0 Å². The van der Waals surface area contributed by atoms with E-state index in [1.165, 1.54) is 19.3 Å². The summed E-state index contributed by atoms with van der Waals surface area (Å²) in [5.74, 6) is 0.585. The molecular formula is C12H20N2O2. The molecule has 4 heteroatoms. The Morgan fingerprint density at radius 1 is 1.00 bits per heavy atom. The third-order valence-electron chi connectivity index (χ3n) is 3.73. The molecule has 0 radical (unpaired) electrons. The predicted molar refractivity (Wildman–Crippen MR) is 60.8 cm³/mol. The number of hydrogen-bond donors (Lipinski definition) is 0. The molecule has 0 spiro atoms. The molecule has 0 unspecified atom stereocenters. The van der Waals surface area contributed by atoms with Gasteiger partial charge in [-0.15, -0.1) is 0 Å². The number of nitrogens with zero attached hydrogens (tertiary/aromatic N) is 2. The van der Waals surface area contributed by atoms with Gasteiger partial charge in [0.1, 0.15) is 0 Å². The van der Waals surface area contributed by atoms with E-state index in [0.29, 0.717) is 32.1 Å². The van der Waals surface area contributed by atoms with E-state index in [-0.39, 0.29) is 5.92 Å². The zero-order valence-electron chi connectivity index (χ0n) is 9.73. The SMILES string of the molecule is O=CN1CCN(C(=O)C2CCCCC2)CC1. The van der Waals surface area contributed by atoms with Gasteiger partial charge >= 0.3 is 0 Å². The minimum atomic E-state index is 0.261. The molecule has 1 heterocycles. The van der Waals surface area contributed by atoms with Crippen molar-refractivity contribution in [2.24, 2.45) is 5.92 Å². The Labute approximate surface area is 96.6 Å². The Bertz CT molecular complexity index is 254. The van der Waals surface area contributed by atoms with Crippen LogP contribution in [-0.2, 0) is 9.59 Å². The van der Waals surface area contributed by atoms with Crippen LogP contribution in [0.25, 0.3) is 0 Å². The molecule has 0 N–H and O–H groups in total. The fraction of sp³-hybridized carbons (Fsp3) is 0.833. The third kappa shape index (κ3) is 2.54. The maximum absolute atomic E-state index is 12.2. The van der Waals surface area contributed by atoms with E-state index in [0.717, 1.165) is 19.3 Å². The van der Waals surface area contributed by atoms with Crippen molar-refractivity contribution < 1.29 is 9.59 Å². The fourth-order valence-electron chi connectivity index (χ4n) is 2.66. The topological polar surface area (TPSA) is 40.6 Å². The molecule has 1 saturated heterocycles. The van der Waals surface area contributed by atoms with Crippen LogP contribution in [-0.4, -0.2) is 48.3 Å². The van der Waals surface area contributed by atoms with Gasteiger partial charge in [0.2, 0.25) is 12.3 Å². The Morgan fingerprint density at radius 3 is 2.19 bits per heavy atom. The minimum absolute atomic E-state index is 0.261. The van der Waals surface area contributed by atoms with E-state index in [9.17, 15) is 9.59 Å². The molecule has 0 bridgehead atoms. The van der Waals surface area contributed by atoms with Crippen molar-refractivity contribution in [1.82, 2.24) is 9.80 Å². The summed E-state index contributed by atoms with van der Waals surface area (Å²) in [6, 6.07) is 0. The summed E-state index contributed by atoms with van der Waals surface area (Å²) in [4.78, 5) is 26.4. The van der Waals surface area contributed by atoms with Crippen LogP contribution in [0.1, 0.15) is 32.1 Å². The number of piperazine rings is 1. The molecule has 16 heavy (non-hydrogen) atoms. The van der Waals surface area contributed by atoms with Crippen LogP contribution in [0.2, 0.25) is 0 Å². The molecule has 1 aliphatic carbocycles. The largest absolute Gasteiger partial charge is 0.342 e. The lowest BCUT2D eigenvalue weighted by molar-refractivity contribution is -0.139. The van der Waals surface area contributed by atoms with Crippen molar-refractivity contribution in [2.75, 3.05) is 26.2 Å². The second-order valence-corrected chi connectivity index (χ2v) is 4.80. The first-order chi connectivity index (χ1) is 7.81. The lowest BCUT2D eigenvalue weighted by atomic mass is 9.88. The monoisotopic (exact) mass is 224 g/mol. The Morgan fingerprint density at radius 2 is 1.62 bits per heavy atom. The van der Waals surface area contributed by atoms with Gasteiger partial charge in [-0.25, -0.2) is 0 Å². The van der Waals surface area contributed by atoms with Crippen LogP contribution in [0, 0.1) is 5.92 Å². The average Bonchev–Trinajstić information content (AvgIpc) is 2.39. The second-order valence-electron chi connectivity index (χ2n) is 4.80. The maximum Gasteiger partial charge on any atom is 0.225 e. The molecule has 1 saturated carbocycles. The summed E-state index contributed by atoms with van der Waals surface area (Å²) in [6.45, 7) is 2.83. The van der Waals surface area contributed by atoms with Crippen LogP contribution in [0.3, 0.4) is 0 Å². The van der Waals surface area contributed by atoms with Crippen molar-refractivity contribution >= 4 is 12.3 Å². The lowest BCUT2D eigenvalue weighted by Gasteiger charge is -2.35. The van der Waals surface area contributed by atoms with Gasteiger partial charge in [-0.05, 0) is 12.8 Å².